The minimum atomic E-state index is -4.52. The van der Waals surface area contributed by atoms with Gasteiger partial charge in [-0.2, -0.15) is 8.42 Å². The maximum absolute atomic E-state index is 12.3. The van der Waals surface area contributed by atoms with Gasteiger partial charge in [0.05, 0.1) is 31.3 Å². The molecule has 0 fully saturated rings. The second-order valence-electron chi connectivity index (χ2n) is 10.6. The van der Waals surface area contributed by atoms with Gasteiger partial charge in [-0.25, -0.2) is 9.59 Å². The maximum Gasteiger partial charge on any atom is 0.333 e. The van der Waals surface area contributed by atoms with E-state index >= 15 is 0 Å². The molecule has 0 aromatic heterocycles. The standard InChI is InChI=1S/C34H40O11S/c1-7-15-40-18-24(44-33(35)22(3)4)20-42-31-27-11-9-10-12-28(27)32(30-17-26(46(37,38)39)13-14-29(30)31)43-21-25(19-41-16-8-2)45-34(36)23(5)6/h7-13,24-25H,1-3,5,14-21H2,4,6H3,(H,37,38,39). The van der Waals surface area contributed by atoms with Crippen LogP contribution in [-0.4, -0.2) is 76.8 Å². The number of benzene rings is 2. The number of carbonyl (C=O) groups excluding carboxylic acids is 2. The summed E-state index contributed by atoms with van der Waals surface area (Å²) in [5.74, 6) is -0.483. The van der Waals surface area contributed by atoms with Gasteiger partial charge in [-0.05, 0) is 20.3 Å². The minimum Gasteiger partial charge on any atom is -0.489 e. The zero-order valence-corrected chi connectivity index (χ0v) is 26.9. The summed E-state index contributed by atoms with van der Waals surface area (Å²) in [4.78, 5) is 24.5. The number of allylic oxidation sites excluding steroid dienone is 2. The highest BCUT2D eigenvalue weighted by atomic mass is 32.2. The lowest BCUT2D eigenvalue weighted by Crippen LogP contribution is -2.31. The van der Waals surface area contributed by atoms with Gasteiger partial charge in [-0.1, -0.05) is 55.7 Å². The SMILES string of the molecule is C=CCOCC(COc1c2c(c(OCC(COCC=C)OC(=O)C(=C)C)c3ccccc13)CC(S(=O)(=O)O)=CC2)OC(=O)C(=C)C. The van der Waals surface area contributed by atoms with Gasteiger partial charge < -0.3 is 28.4 Å². The number of hydrogen-bond acceptors (Lipinski definition) is 10. The molecule has 1 aliphatic rings. The molecule has 11 nitrogen and oxygen atoms in total. The summed E-state index contributed by atoms with van der Waals surface area (Å²) in [5, 5.41) is 1.21. The highest BCUT2D eigenvalue weighted by Crippen LogP contribution is 2.44. The fourth-order valence-electron chi connectivity index (χ4n) is 4.52. The lowest BCUT2D eigenvalue weighted by atomic mass is 9.90. The van der Waals surface area contributed by atoms with Gasteiger partial charge in [0, 0.05) is 39.5 Å². The van der Waals surface area contributed by atoms with Crippen LogP contribution in [0.1, 0.15) is 25.0 Å². The average Bonchev–Trinajstić information content (AvgIpc) is 3.01. The summed E-state index contributed by atoms with van der Waals surface area (Å²) >= 11 is 0. The molecule has 0 heterocycles. The molecule has 2 unspecified atom stereocenters. The smallest absolute Gasteiger partial charge is 0.333 e. The van der Waals surface area contributed by atoms with Gasteiger partial charge in [0.15, 0.2) is 12.2 Å². The van der Waals surface area contributed by atoms with E-state index in [1.54, 1.807) is 30.4 Å². The molecule has 2 aromatic carbocycles. The van der Waals surface area contributed by atoms with Crippen LogP contribution in [0.2, 0.25) is 0 Å². The molecule has 3 rings (SSSR count). The second-order valence-corrected chi connectivity index (χ2v) is 12.1. The predicted molar refractivity (Wildman–Crippen MR) is 173 cm³/mol. The Morgan fingerprint density at radius 1 is 0.826 bits per heavy atom. The summed E-state index contributed by atoms with van der Waals surface area (Å²) in [5.41, 5.74) is 1.47. The first-order valence-corrected chi connectivity index (χ1v) is 15.9. The van der Waals surface area contributed by atoms with Crippen LogP contribution in [0.3, 0.4) is 0 Å². The third-order valence-electron chi connectivity index (χ3n) is 6.70. The van der Waals surface area contributed by atoms with Crippen LogP contribution in [0.25, 0.3) is 10.8 Å². The fraction of sp³-hybridized carbons (Fsp3) is 0.353. The highest BCUT2D eigenvalue weighted by Gasteiger charge is 2.30. The highest BCUT2D eigenvalue weighted by molar-refractivity contribution is 7.89. The van der Waals surface area contributed by atoms with E-state index in [4.69, 9.17) is 28.4 Å². The van der Waals surface area contributed by atoms with Crippen molar-refractivity contribution in [3.63, 3.8) is 0 Å². The monoisotopic (exact) mass is 656 g/mol. The van der Waals surface area contributed by atoms with Crippen molar-refractivity contribution >= 4 is 32.8 Å². The molecule has 0 spiro atoms. The summed E-state index contributed by atoms with van der Waals surface area (Å²) in [6.45, 7) is 17.8. The molecule has 0 amide bonds. The normalized spacial score (nSPS) is 13.8. The Morgan fingerprint density at radius 3 is 1.70 bits per heavy atom. The topological polar surface area (TPSA) is 144 Å². The zero-order valence-electron chi connectivity index (χ0n) is 26.1. The molecular formula is C34H40O11S. The first-order chi connectivity index (χ1) is 21.9. The maximum atomic E-state index is 12.3. The number of hydrogen-bond donors (Lipinski definition) is 1. The van der Waals surface area contributed by atoms with Crippen molar-refractivity contribution in [2.45, 2.75) is 38.9 Å². The lowest BCUT2D eigenvalue weighted by molar-refractivity contribution is -0.149. The van der Waals surface area contributed by atoms with Gasteiger partial charge in [-0.3, -0.25) is 4.55 Å². The largest absolute Gasteiger partial charge is 0.489 e. The Bertz CT molecular complexity index is 1620. The van der Waals surface area contributed by atoms with Crippen LogP contribution >= 0.6 is 0 Å². The molecular weight excluding hydrogens is 616 g/mol. The van der Waals surface area contributed by atoms with Crippen molar-refractivity contribution in [1.29, 1.82) is 0 Å². The molecule has 0 aliphatic heterocycles. The molecule has 0 bridgehead atoms. The molecule has 0 saturated carbocycles. The first-order valence-electron chi connectivity index (χ1n) is 14.5. The predicted octanol–water partition coefficient (Wildman–Crippen LogP) is 4.85. The van der Waals surface area contributed by atoms with Crippen molar-refractivity contribution < 1.29 is 51.0 Å². The van der Waals surface area contributed by atoms with Crippen molar-refractivity contribution in [1.82, 2.24) is 0 Å². The Hall–Kier alpha value is -4.23. The number of carbonyl (C=O) groups is 2. The van der Waals surface area contributed by atoms with Gasteiger partial charge in [0.25, 0.3) is 10.1 Å². The summed E-state index contributed by atoms with van der Waals surface area (Å²) in [7, 11) is -4.52. The molecule has 1 N–H and O–H groups in total. The van der Waals surface area contributed by atoms with E-state index in [9.17, 15) is 22.6 Å². The van der Waals surface area contributed by atoms with Crippen molar-refractivity contribution in [3.05, 3.63) is 96.0 Å². The molecule has 2 atom stereocenters. The van der Waals surface area contributed by atoms with Crippen LogP contribution in [0.5, 0.6) is 11.5 Å². The van der Waals surface area contributed by atoms with E-state index in [0.717, 1.165) is 0 Å². The Morgan fingerprint density at radius 2 is 1.28 bits per heavy atom. The van der Waals surface area contributed by atoms with E-state index in [1.807, 2.05) is 6.07 Å². The Balaban J connectivity index is 2.06. The van der Waals surface area contributed by atoms with E-state index < -0.39 is 34.3 Å². The first kappa shape index (κ1) is 36.2. The third-order valence-corrected chi connectivity index (χ3v) is 7.67. The lowest BCUT2D eigenvalue weighted by Gasteiger charge is -2.27. The van der Waals surface area contributed by atoms with Gasteiger partial charge in [0.2, 0.25) is 0 Å². The van der Waals surface area contributed by atoms with Gasteiger partial charge in [-0.15, -0.1) is 13.2 Å². The number of fused-ring (bicyclic) bond motifs is 2. The number of rotatable bonds is 19. The number of ether oxygens (including phenoxy) is 6. The molecule has 1 aliphatic carbocycles. The van der Waals surface area contributed by atoms with Crippen LogP contribution in [0.15, 0.2) is 84.9 Å². The van der Waals surface area contributed by atoms with Crippen LogP contribution in [0, 0.1) is 0 Å². The van der Waals surface area contributed by atoms with Crippen molar-refractivity contribution in [2.24, 2.45) is 0 Å². The molecule has 248 valence electrons. The van der Waals surface area contributed by atoms with Crippen LogP contribution in [-0.2, 0) is 51.5 Å². The Labute approximate surface area is 269 Å². The van der Waals surface area contributed by atoms with Crippen molar-refractivity contribution in [2.75, 3.05) is 39.6 Å². The van der Waals surface area contributed by atoms with E-state index in [0.29, 0.717) is 33.4 Å². The summed E-state index contributed by atoms with van der Waals surface area (Å²) < 4.78 is 69.0. The average molecular weight is 657 g/mol. The third kappa shape index (κ3) is 9.88. The van der Waals surface area contributed by atoms with Crippen LogP contribution < -0.4 is 9.47 Å². The van der Waals surface area contributed by atoms with Crippen LogP contribution in [0.4, 0.5) is 0 Å². The second kappa shape index (κ2) is 16.9. The minimum absolute atomic E-state index is 0.000740. The molecule has 12 heteroatoms. The fourth-order valence-corrected chi connectivity index (χ4v) is 5.14. The van der Waals surface area contributed by atoms with E-state index in [2.05, 4.69) is 26.3 Å². The zero-order chi connectivity index (χ0) is 33.9. The number of esters is 2. The van der Waals surface area contributed by atoms with Gasteiger partial charge >= 0.3 is 11.9 Å². The van der Waals surface area contributed by atoms with Gasteiger partial charge in [0.1, 0.15) is 24.7 Å². The summed E-state index contributed by atoms with van der Waals surface area (Å²) in [6.07, 6.45) is 2.78. The molecule has 2 aromatic rings. The van der Waals surface area contributed by atoms with E-state index in [-0.39, 0.29) is 68.5 Å². The molecule has 0 saturated heterocycles. The van der Waals surface area contributed by atoms with E-state index in [1.165, 1.54) is 19.9 Å². The molecule has 46 heavy (non-hydrogen) atoms. The van der Waals surface area contributed by atoms with Crippen molar-refractivity contribution in [3.8, 4) is 11.5 Å². The summed E-state index contributed by atoms with van der Waals surface area (Å²) in [6, 6.07) is 7.17. The molecule has 0 radical (unpaired) electrons. The quantitative estimate of drug-likeness (QED) is 0.0729. The Kier molecular flexibility index (Phi) is 13.3.